The molecule has 22 heavy (non-hydrogen) atoms. The number of benzene rings is 2. The van der Waals surface area contributed by atoms with E-state index in [9.17, 15) is 4.79 Å². The van der Waals surface area contributed by atoms with Crippen molar-refractivity contribution in [2.75, 3.05) is 4.90 Å². The van der Waals surface area contributed by atoms with Gasteiger partial charge in [0, 0.05) is 16.5 Å². The fourth-order valence-corrected chi connectivity index (χ4v) is 3.45. The minimum Gasteiger partial charge on any atom is -0.320 e. The number of hydrogen-bond donors (Lipinski definition) is 1. The standard InChI is InChI=1S/C17H16Cl2N2O/c1-10(11-5-3-2-4-6-11)21-16-8-12(18)7-14(19)13(16)9-15(20)17(21)22/h2-8,10,15H,9,20H2,1H3/t10-,15+/m0/s1. The van der Waals surface area contributed by atoms with Crippen LogP contribution in [0, 0.1) is 0 Å². The Bertz CT molecular complexity index is 718. The fraction of sp³-hybridized carbons (Fsp3) is 0.235. The quantitative estimate of drug-likeness (QED) is 0.903. The van der Waals surface area contributed by atoms with Crippen LogP contribution in [0.25, 0.3) is 0 Å². The van der Waals surface area contributed by atoms with E-state index in [1.54, 1.807) is 17.0 Å². The lowest BCUT2D eigenvalue weighted by Crippen LogP contribution is -2.49. The zero-order valence-corrected chi connectivity index (χ0v) is 13.6. The lowest BCUT2D eigenvalue weighted by molar-refractivity contribution is -0.120. The van der Waals surface area contributed by atoms with Gasteiger partial charge in [-0.15, -0.1) is 0 Å². The second kappa shape index (κ2) is 5.92. The van der Waals surface area contributed by atoms with Gasteiger partial charge in [0.25, 0.3) is 0 Å². The molecule has 2 N–H and O–H groups in total. The van der Waals surface area contributed by atoms with Gasteiger partial charge in [0.2, 0.25) is 5.91 Å². The average Bonchev–Trinajstić information content (AvgIpc) is 2.50. The molecule has 0 bridgehead atoms. The largest absolute Gasteiger partial charge is 0.320 e. The van der Waals surface area contributed by atoms with E-state index in [-0.39, 0.29) is 11.9 Å². The monoisotopic (exact) mass is 334 g/mol. The third-order valence-electron chi connectivity index (χ3n) is 4.04. The van der Waals surface area contributed by atoms with Crippen molar-refractivity contribution in [3.05, 3.63) is 63.6 Å². The molecule has 0 saturated heterocycles. The molecule has 3 rings (SSSR count). The van der Waals surface area contributed by atoms with Gasteiger partial charge in [-0.3, -0.25) is 4.79 Å². The zero-order chi connectivity index (χ0) is 15.9. The second-order valence-electron chi connectivity index (χ2n) is 5.49. The number of nitrogens with two attached hydrogens (primary N) is 1. The molecular weight excluding hydrogens is 319 g/mol. The summed E-state index contributed by atoms with van der Waals surface area (Å²) in [6.07, 6.45) is 0.433. The first kappa shape index (κ1) is 15.3. The van der Waals surface area contributed by atoms with Gasteiger partial charge < -0.3 is 10.6 Å². The van der Waals surface area contributed by atoms with E-state index < -0.39 is 6.04 Å². The van der Waals surface area contributed by atoms with Crippen molar-refractivity contribution in [1.29, 1.82) is 0 Å². The predicted octanol–water partition coefficient (Wildman–Crippen LogP) is 3.97. The van der Waals surface area contributed by atoms with Crippen LogP contribution in [0.3, 0.4) is 0 Å². The van der Waals surface area contributed by atoms with Gasteiger partial charge in [-0.05, 0) is 30.2 Å². The Morgan fingerprint density at radius 1 is 1.23 bits per heavy atom. The molecule has 5 heteroatoms. The number of amides is 1. The van der Waals surface area contributed by atoms with Gasteiger partial charge in [-0.25, -0.2) is 0 Å². The van der Waals surface area contributed by atoms with E-state index >= 15 is 0 Å². The summed E-state index contributed by atoms with van der Waals surface area (Å²) in [5.41, 5.74) is 8.68. The van der Waals surface area contributed by atoms with E-state index in [1.165, 1.54) is 0 Å². The van der Waals surface area contributed by atoms with Crippen LogP contribution in [0.15, 0.2) is 42.5 Å². The first-order valence-corrected chi connectivity index (χ1v) is 7.86. The Morgan fingerprint density at radius 2 is 1.91 bits per heavy atom. The molecule has 0 saturated carbocycles. The smallest absolute Gasteiger partial charge is 0.244 e. The maximum absolute atomic E-state index is 12.6. The molecule has 3 nitrogen and oxygen atoms in total. The van der Waals surface area contributed by atoms with Crippen molar-refractivity contribution in [2.45, 2.75) is 25.4 Å². The lowest BCUT2D eigenvalue weighted by atomic mass is 9.94. The van der Waals surface area contributed by atoms with E-state index in [0.717, 1.165) is 16.8 Å². The number of anilines is 1. The van der Waals surface area contributed by atoms with Crippen molar-refractivity contribution in [3.8, 4) is 0 Å². The highest BCUT2D eigenvalue weighted by atomic mass is 35.5. The van der Waals surface area contributed by atoms with Crippen LogP contribution in [0.4, 0.5) is 5.69 Å². The summed E-state index contributed by atoms with van der Waals surface area (Å²) < 4.78 is 0. The zero-order valence-electron chi connectivity index (χ0n) is 12.1. The lowest BCUT2D eigenvalue weighted by Gasteiger charge is -2.37. The summed E-state index contributed by atoms with van der Waals surface area (Å²) in [4.78, 5) is 14.3. The summed E-state index contributed by atoms with van der Waals surface area (Å²) in [6.45, 7) is 1.98. The Hall–Kier alpha value is -1.55. The third kappa shape index (κ3) is 2.60. The molecule has 1 heterocycles. The summed E-state index contributed by atoms with van der Waals surface area (Å²) in [7, 11) is 0. The Morgan fingerprint density at radius 3 is 2.59 bits per heavy atom. The minimum atomic E-state index is -0.586. The molecule has 114 valence electrons. The number of nitrogens with zero attached hydrogens (tertiary/aromatic N) is 1. The second-order valence-corrected chi connectivity index (χ2v) is 6.33. The Balaban J connectivity index is 2.13. The van der Waals surface area contributed by atoms with Gasteiger partial charge in [0.1, 0.15) is 0 Å². The van der Waals surface area contributed by atoms with Crippen LogP contribution in [0.2, 0.25) is 10.0 Å². The number of carbonyl (C=O) groups excluding carboxylic acids is 1. The van der Waals surface area contributed by atoms with Crippen molar-refractivity contribution in [3.63, 3.8) is 0 Å². The van der Waals surface area contributed by atoms with Crippen LogP contribution in [-0.2, 0) is 11.2 Å². The first-order chi connectivity index (χ1) is 10.5. The third-order valence-corrected chi connectivity index (χ3v) is 4.60. The highest BCUT2D eigenvalue weighted by Crippen LogP contribution is 2.39. The van der Waals surface area contributed by atoms with Crippen molar-refractivity contribution in [2.24, 2.45) is 5.73 Å². The fourth-order valence-electron chi connectivity index (χ4n) is 2.89. The normalized spacial score (nSPS) is 19.0. The van der Waals surface area contributed by atoms with Gasteiger partial charge in [-0.2, -0.15) is 0 Å². The van der Waals surface area contributed by atoms with Gasteiger partial charge in [0.15, 0.2) is 0 Å². The SMILES string of the molecule is C[C@@H](c1ccccc1)N1C(=O)[C@H](N)Cc2c(Cl)cc(Cl)cc21. The van der Waals surface area contributed by atoms with Gasteiger partial charge >= 0.3 is 0 Å². The van der Waals surface area contributed by atoms with E-state index in [1.807, 2.05) is 37.3 Å². The molecule has 2 aromatic carbocycles. The molecule has 1 amide bonds. The van der Waals surface area contributed by atoms with Gasteiger partial charge in [0.05, 0.1) is 17.8 Å². The van der Waals surface area contributed by atoms with Crippen LogP contribution in [0.1, 0.15) is 24.1 Å². The topological polar surface area (TPSA) is 46.3 Å². The summed E-state index contributed by atoms with van der Waals surface area (Å²) >= 11 is 12.4. The number of hydrogen-bond acceptors (Lipinski definition) is 2. The van der Waals surface area contributed by atoms with Crippen LogP contribution >= 0.6 is 23.2 Å². The molecule has 0 radical (unpaired) electrons. The van der Waals surface area contributed by atoms with Gasteiger partial charge in [-0.1, -0.05) is 53.5 Å². The highest BCUT2D eigenvalue weighted by Gasteiger charge is 2.35. The van der Waals surface area contributed by atoms with E-state index in [0.29, 0.717) is 16.5 Å². The molecule has 0 fully saturated rings. The molecule has 1 aliphatic heterocycles. The maximum Gasteiger partial charge on any atom is 0.244 e. The first-order valence-electron chi connectivity index (χ1n) is 7.10. The molecule has 2 aromatic rings. The number of carbonyl (C=O) groups is 1. The van der Waals surface area contributed by atoms with Crippen LogP contribution < -0.4 is 10.6 Å². The summed E-state index contributed by atoms with van der Waals surface area (Å²) in [6, 6.07) is 12.6. The molecule has 0 unspecified atom stereocenters. The van der Waals surface area contributed by atoms with Crippen LogP contribution in [-0.4, -0.2) is 11.9 Å². The molecule has 0 aliphatic carbocycles. The number of rotatable bonds is 2. The van der Waals surface area contributed by atoms with E-state index in [4.69, 9.17) is 28.9 Å². The van der Waals surface area contributed by atoms with Crippen LogP contribution in [0.5, 0.6) is 0 Å². The highest BCUT2D eigenvalue weighted by molar-refractivity contribution is 6.36. The molecular formula is C17H16Cl2N2O. The summed E-state index contributed by atoms with van der Waals surface area (Å²) in [5, 5.41) is 1.06. The Kier molecular flexibility index (Phi) is 4.13. The molecule has 2 atom stereocenters. The number of halogens is 2. The molecule has 0 spiro atoms. The molecule has 0 aromatic heterocycles. The summed E-state index contributed by atoms with van der Waals surface area (Å²) in [5.74, 6) is -0.109. The maximum atomic E-state index is 12.6. The van der Waals surface area contributed by atoms with Crippen molar-refractivity contribution in [1.82, 2.24) is 0 Å². The van der Waals surface area contributed by atoms with Crippen molar-refractivity contribution < 1.29 is 4.79 Å². The van der Waals surface area contributed by atoms with E-state index in [2.05, 4.69) is 0 Å². The molecule has 1 aliphatic rings. The predicted molar refractivity (Wildman–Crippen MR) is 90.5 cm³/mol. The minimum absolute atomic E-state index is 0.109. The average molecular weight is 335 g/mol. The number of fused-ring (bicyclic) bond motifs is 1. The van der Waals surface area contributed by atoms with Crippen molar-refractivity contribution >= 4 is 34.8 Å². The Labute approximate surface area is 139 Å².